The number of nitrogens with one attached hydrogen (secondary N) is 1. The zero-order valence-corrected chi connectivity index (χ0v) is 11.5. The third kappa shape index (κ3) is 4.09. The van der Waals surface area contributed by atoms with Crippen LogP contribution in [0.4, 0.5) is 0 Å². The maximum absolute atomic E-state index is 11.9. The van der Waals surface area contributed by atoms with Crippen LogP contribution in [-0.4, -0.2) is 17.5 Å². The SMILES string of the molecule is CCCOc1ccc(CNC(=O)c2ccncc2)cc1. The highest BCUT2D eigenvalue weighted by Gasteiger charge is 2.04. The molecule has 2 rings (SSSR count). The molecule has 104 valence electrons. The molecule has 0 fully saturated rings. The molecule has 20 heavy (non-hydrogen) atoms. The Kier molecular flexibility index (Phi) is 5.12. The van der Waals surface area contributed by atoms with Gasteiger partial charge in [0.05, 0.1) is 6.61 Å². The molecule has 1 N–H and O–H groups in total. The van der Waals surface area contributed by atoms with Gasteiger partial charge in [-0.2, -0.15) is 0 Å². The molecule has 1 heterocycles. The van der Waals surface area contributed by atoms with Crippen molar-refractivity contribution in [2.24, 2.45) is 0 Å². The number of ether oxygens (including phenoxy) is 1. The van der Waals surface area contributed by atoms with Crippen LogP contribution in [-0.2, 0) is 6.54 Å². The molecule has 0 aliphatic heterocycles. The highest BCUT2D eigenvalue weighted by atomic mass is 16.5. The number of benzene rings is 1. The molecule has 4 nitrogen and oxygen atoms in total. The number of hydrogen-bond acceptors (Lipinski definition) is 3. The molecule has 0 unspecified atom stereocenters. The lowest BCUT2D eigenvalue weighted by Crippen LogP contribution is -2.22. The minimum absolute atomic E-state index is 0.0984. The molecule has 1 amide bonds. The zero-order valence-electron chi connectivity index (χ0n) is 11.5. The predicted molar refractivity (Wildman–Crippen MR) is 77.6 cm³/mol. The second-order valence-corrected chi connectivity index (χ2v) is 4.41. The molecule has 0 atom stereocenters. The lowest BCUT2D eigenvalue weighted by atomic mass is 10.2. The van der Waals surface area contributed by atoms with Crippen LogP contribution in [0.2, 0.25) is 0 Å². The molecule has 0 saturated heterocycles. The Labute approximate surface area is 118 Å². The van der Waals surface area contributed by atoms with Gasteiger partial charge in [-0.25, -0.2) is 0 Å². The maximum atomic E-state index is 11.9. The second kappa shape index (κ2) is 7.28. The average molecular weight is 270 g/mol. The molecular formula is C16H18N2O2. The largest absolute Gasteiger partial charge is 0.494 e. The lowest BCUT2D eigenvalue weighted by molar-refractivity contribution is 0.0951. The molecule has 1 aromatic carbocycles. The first kappa shape index (κ1) is 14.1. The Bertz CT molecular complexity index is 538. The molecule has 0 bridgehead atoms. The number of hydrogen-bond donors (Lipinski definition) is 1. The van der Waals surface area contributed by atoms with Crippen molar-refractivity contribution >= 4 is 5.91 Å². The third-order valence-electron chi connectivity index (χ3n) is 2.79. The smallest absolute Gasteiger partial charge is 0.251 e. The molecule has 0 aliphatic carbocycles. The number of pyridine rings is 1. The lowest BCUT2D eigenvalue weighted by Gasteiger charge is -2.07. The normalized spacial score (nSPS) is 10.1. The first-order valence-corrected chi connectivity index (χ1v) is 6.69. The summed E-state index contributed by atoms with van der Waals surface area (Å²) in [5.41, 5.74) is 1.65. The Morgan fingerprint density at radius 2 is 1.85 bits per heavy atom. The van der Waals surface area contributed by atoms with E-state index < -0.39 is 0 Å². The minimum atomic E-state index is -0.0984. The van der Waals surface area contributed by atoms with Crippen LogP contribution in [0.1, 0.15) is 29.3 Å². The fourth-order valence-corrected chi connectivity index (χ4v) is 1.71. The molecule has 4 heteroatoms. The summed E-state index contributed by atoms with van der Waals surface area (Å²) >= 11 is 0. The molecule has 0 saturated carbocycles. The quantitative estimate of drug-likeness (QED) is 0.878. The summed E-state index contributed by atoms with van der Waals surface area (Å²) in [6, 6.07) is 11.1. The minimum Gasteiger partial charge on any atom is -0.494 e. The predicted octanol–water partition coefficient (Wildman–Crippen LogP) is 2.80. The van der Waals surface area contributed by atoms with Crippen LogP contribution in [0, 0.1) is 0 Å². The fourth-order valence-electron chi connectivity index (χ4n) is 1.71. The van der Waals surface area contributed by atoms with Gasteiger partial charge in [-0.15, -0.1) is 0 Å². The number of amides is 1. The van der Waals surface area contributed by atoms with Gasteiger partial charge in [-0.1, -0.05) is 19.1 Å². The first-order chi connectivity index (χ1) is 9.79. The van der Waals surface area contributed by atoms with Crippen LogP contribution in [0.25, 0.3) is 0 Å². The van der Waals surface area contributed by atoms with Gasteiger partial charge in [-0.3, -0.25) is 9.78 Å². The van der Waals surface area contributed by atoms with Crippen molar-refractivity contribution in [2.75, 3.05) is 6.61 Å². The summed E-state index contributed by atoms with van der Waals surface area (Å²) in [4.78, 5) is 15.7. The van der Waals surface area contributed by atoms with Gasteiger partial charge >= 0.3 is 0 Å². The van der Waals surface area contributed by atoms with Crippen molar-refractivity contribution in [3.8, 4) is 5.75 Å². The van der Waals surface area contributed by atoms with Crippen LogP contribution < -0.4 is 10.1 Å². The molecule has 0 spiro atoms. The maximum Gasteiger partial charge on any atom is 0.251 e. The topological polar surface area (TPSA) is 51.2 Å². The summed E-state index contributed by atoms with van der Waals surface area (Å²) in [7, 11) is 0. The van der Waals surface area contributed by atoms with E-state index in [1.54, 1.807) is 24.5 Å². The van der Waals surface area contributed by atoms with Crippen molar-refractivity contribution in [3.05, 3.63) is 59.9 Å². The van der Waals surface area contributed by atoms with Crippen LogP contribution in [0.3, 0.4) is 0 Å². The Balaban J connectivity index is 1.86. The van der Waals surface area contributed by atoms with E-state index in [4.69, 9.17) is 4.74 Å². The number of carbonyl (C=O) groups is 1. The number of carbonyl (C=O) groups excluding carboxylic acids is 1. The summed E-state index contributed by atoms with van der Waals surface area (Å²) in [5, 5.41) is 2.87. The Morgan fingerprint density at radius 1 is 1.15 bits per heavy atom. The van der Waals surface area contributed by atoms with E-state index in [9.17, 15) is 4.79 Å². The van der Waals surface area contributed by atoms with Gasteiger partial charge in [-0.05, 0) is 36.2 Å². The molecule has 0 aliphatic rings. The van der Waals surface area contributed by atoms with Crippen molar-refractivity contribution < 1.29 is 9.53 Å². The van der Waals surface area contributed by atoms with Crippen LogP contribution >= 0.6 is 0 Å². The van der Waals surface area contributed by atoms with Gasteiger partial charge in [0.1, 0.15) is 5.75 Å². The van der Waals surface area contributed by atoms with Crippen molar-refractivity contribution in [3.63, 3.8) is 0 Å². The summed E-state index contributed by atoms with van der Waals surface area (Å²) in [5.74, 6) is 0.759. The van der Waals surface area contributed by atoms with Crippen molar-refractivity contribution in [2.45, 2.75) is 19.9 Å². The van der Waals surface area contributed by atoms with Crippen LogP contribution in [0.5, 0.6) is 5.75 Å². The van der Waals surface area contributed by atoms with E-state index in [0.29, 0.717) is 12.1 Å². The summed E-state index contributed by atoms with van der Waals surface area (Å²) < 4.78 is 5.51. The fraction of sp³-hybridized carbons (Fsp3) is 0.250. The second-order valence-electron chi connectivity index (χ2n) is 4.41. The van der Waals surface area contributed by atoms with E-state index in [1.807, 2.05) is 24.3 Å². The molecule has 0 radical (unpaired) electrons. The zero-order chi connectivity index (χ0) is 14.2. The first-order valence-electron chi connectivity index (χ1n) is 6.69. The number of aromatic nitrogens is 1. The molecule has 1 aromatic heterocycles. The summed E-state index contributed by atoms with van der Waals surface area (Å²) in [6.45, 7) is 3.29. The molecular weight excluding hydrogens is 252 g/mol. The van der Waals surface area contributed by atoms with Gasteiger partial charge in [0.15, 0.2) is 0 Å². The van der Waals surface area contributed by atoms with E-state index in [0.717, 1.165) is 24.3 Å². The monoisotopic (exact) mass is 270 g/mol. The molecule has 2 aromatic rings. The van der Waals surface area contributed by atoms with E-state index in [1.165, 1.54) is 0 Å². The van der Waals surface area contributed by atoms with E-state index in [-0.39, 0.29) is 5.91 Å². The standard InChI is InChI=1S/C16H18N2O2/c1-2-11-20-15-5-3-13(4-6-15)12-18-16(19)14-7-9-17-10-8-14/h3-10H,2,11-12H2,1H3,(H,18,19). The van der Waals surface area contributed by atoms with Crippen LogP contribution in [0.15, 0.2) is 48.8 Å². The Hall–Kier alpha value is -2.36. The number of rotatable bonds is 6. The van der Waals surface area contributed by atoms with Gasteiger partial charge < -0.3 is 10.1 Å². The van der Waals surface area contributed by atoms with Gasteiger partial charge in [0.2, 0.25) is 0 Å². The third-order valence-corrected chi connectivity index (χ3v) is 2.79. The average Bonchev–Trinajstić information content (AvgIpc) is 2.52. The summed E-state index contributed by atoms with van der Waals surface area (Å²) in [6.07, 6.45) is 4.20. The van der Waals surface area contributed by atoms with Gasteiger partial charge in [0, 0.05) is 24.5 Å². The van der Waals surface area contributed by atoms with E-state index >= 15 is 0 Å². The number of nitrogens with zero attached hydrogens (tertiary/aromatic N) is 1. The van der Waals surface area contributed by atoms with Crippen molar-refractivity contribution in [1.29, 1.82) is 0 Å². The highest BCUT2D eigenvalue weighted by Crippen LogP contribution is 2.12. The van der Waals surface area contributed by atoms with E-state index in [2.05, 4.69) is 17.2 Å². The van der Waals surface area contributed by atoms with Crippen molar-refractivity contribution in [1.82, 2.24) is 10.3 Å². The highest BCUT2D eigenvalue weighted by molar-refractivity contribution is 5.93. The van der Waals surface area contributed by atoms with Gasteiger partial charge in [0.25, 0.3) is 5.91 Å². The Morgan fingerprint density at radius 3 is 2.50 bits per heavy atom.